The molecule has 1 aromatic heterocycles. The second-order valence-corrected chi connectivity index (χ2v) is 6.11. The topological polar surface area (TPSA) is 47.0 Å². The van der Waals surface area contributed by atoms with E-state index in [0.717, 1.165) is 30.5 Å². The maximum atomic E-state index is 5.57. The van der Waals surface area contributed by atoms with Gasteiger partial charge in [-0.05, 0) is 25.8 Å². The summed E-state index contributed by atoms with van der Waals surface area (Å²) in [6.45, 7) is 7.03. The first-order chi connectivity index (χ1) is 8.74. The van der Waals surface area contributed by atoms with E-state index in [-0.39, 0.29) is 0 Å². The van der Waals surface area contributed by atoms with Crippen LogP contribution in [0.5, 0.6) is 0 Å². The van der Waals surface area contributed by atoms with Gasteiger partial charge in [-0.1, -0.05) is 18.7 Å². The zero-order valence-electron chi connectivity index (χ0n) is 11.1. The highest BCUT2D eigenvalue weighted by molar-refractivity contribution is 7.99. The summed E-state index contributed by atoms with van der Waals surface area (Å²) in [5.74, 6) is 0. The van der Waals surface area contributed by atoms with Gasteiger partial charge in [-0.3, -0.25) is 0 Å². The Balaban J connectivity index is 1.66. The average molecular weight is 267 g/mol. The van der Waals surface area contributed by atoms with Crippen LogP contribution in [0.3, 0.4) is 0 Å². The number of nitrogens with zero attached hydrogens (tertiary/aromatic N) is 2. The van der Waals surface area contributed by atoms with E-state index in [1.807, 2.05) is 19.2 Å². The molecule has 2 unspecified atom stereocenters. The molecule has 1 aliphatic heterocycles. The van der Waals surface area contributed by atoms with Crippen molar-refractivity contribution in [1.82, 2.24) is 15.3 Å². The van der Waals surface area contributed by atoms with Crippen LogP contribution >= 0.6 is 11.8 Å². The van der Waals surface area contributed by atoms with Crippen molar-refractivity contribution in [2.24, 2.45) is 0 Å². The lowest BCUT2D eigenvalue weighted by Gasteiger charge is -2.14. The number of hydrogen-bond donors (Lipinski definition) is 1. The van der Waals surface area contributed by atoms with Gasteiger partial charge >= 0.3 is 0 Å². The highest BCUT2D eigenvalue weighted by atomic mass is 32.2. The molecule has 0 radical (unpaired) electrons. The van der Waals surface area contributed by atoms with E-state index in [1.54, 1.807) is 11.8 Å². The highest BCUT2D eigenvalue weighted by Gasteiger charge is 2.15. The van der Waals surface area contributed by atoms with Crippen LogP contribution in [0.1, 0.15) is 25.5 Å². The van der Waals surface area contributed by atoms with Crippen LogP contribution in [0.25, 0.3) is 0 Å². The van der Waals surface area contributed by atoms with E-state index in [1.165, 1.54) is 12.8 Å². The van der Waals surface area contributed by atoms with Crippen molar-refractivity contribution in [1.29, 1.82) is 0 Å². The van der Waals surface area contributed by atoms with Crippen molar-refractivity contribution in [3.63, 3.8) is 0 Å². The number of hydrogen-bond acceptors (Lipinski definition) is 5. The van der Waals surface area contributed by atoms with Gasteiger partial charge in [0.05, 0.1) is 6.10 Å². The van der Waals surface area contributed by atoms with E-state index in [9.17, 15) is 0 Å². The summed E-state index contributed by atoms with van der Waals surface area (Å²) in [6, 6.07) is 1.92. The van der Waals surface area contributed by atoms with Gasteiger partial charge in [-0.25, -0.2) is 9.97 Å². The number of aryl methyl sites for hydroxylation is 1. The second kappa shape index (κ2) is 7.07. The molecule has 0 amide bonds. The summed E-state index contributed by atoms with van der Waals surface area (Å²) in [5, 5.41) is 4.79. The molecule has 1 N–H and O–H groups in total. The minimum absolute atomic E-state index is 0.414. The van der Waals surface area contributed by atoms with E-state index in [0.29, 0.717) is 11.4 Å². The molecule has 0 aliphatic carbocycles. The van der Waals surface area contributed by atoms with E-state index >= 15 is 0 Å². The zero-order valence-corrected chi connectivity index (χ0v) is 11.9. The van der Waals surface area contributed by atoms with E-state index in [2.05, 4.69) is 22.2 Å². The Morgan fingerprint density at radius 1 is 1.61 bits per heavy atom. The maximum absolute atomic E-state index is 5.57. The molecule has 18 heavy (non-hydrogen) atoms. The van der Waals surface area contributed by atoms with Crippen molar-refractivity contribution < 1.29 is 4.74 Å². The first kappa shape index (κ1) is 13.8. The van der Waals surface area contributed by atoms with Crippen LogP contribution in [0, 0.1) is 6.92 Å². The van der Waals surface area contributed by atoms with Crippen LogP contribution in [0.4, 0.5) is 0 Å². The molecule has 0 bridgehead atoms. The molecule has 1 aromatic rings. The molecule has 2 rings (SSSR count). The van der Waals surface area contributed by atoms with Gasteiger partial charge in [0, 0.05) is 36.8 Å². The molecule has 0 spiro atoms. The molecular formula is C13H21N3OS. The minimum Gasteiger partial charge on any atom is -0.377 e. The zero-order chi connectivity index (χ0) is 12.8. The maximum Gasteiger partial charge on any atom is 0.188 e. The molecule has 1 saturated heterocycles. The number of nitrogens with one attached hydrogen (secondary N) is 1. The molecule has 4 nitrogen and oxygen atoms in total. The number of thioether (sulfide) groups is 1. The third-order valence-corrected chi connectivity index (χ3v) is 3.88. The Kier molecular flexibility index (Phi) is 5.41. The number of aromatic nitrogens is 2. The first-order valence-corrected chi connectivity index (χ1v) is 7.40. The fourth-order valence-corrected chi connectivity index (χ4v) is 2.84. The third-order valence-electron chi connectivity index (χ3n) is 2.91. The van der Waals surface area contributed by atoms with Gasteiger partial charge in [0.1, 0.15) is 0 Å². The molecule has 0 saturated carbocycles. The second-order valence-electron chi connectivity index (χ2n) is 4.70. The van der Waals surface area contributed by atoms with Gasteiger partial charge in [0.2, 0.25) is 0 Å². The van der Waals surface area contributed by atoms with Crippen molar-refractivity contribution in [3.05, 3.63) is 18.0 Å². The van der Waals surface area contributed by atoms with E-state index in [4.69, 9.17) is 4.74 Å². The van der Waals surface area contributed by atoms with Gasteiger partial charge < -0.3 is 10.1 Å². The van der Waals surface area contributed by atoms with Gasteiger partial charge in [-0.2, -0.15) is 0 Å². The van der Waals surface area contributed by atoms with Gasteiger partial charge in [0.25, 0.3) is 0 Å². The normalized spacial score (nSPS) is 21.1. The smallest absolute Gasteiger partial charge is 0.188 e. The molecule has 2 atom stereocenters. The Labute approximate surface area is 113 Å². The summed E-state index contributed by atoms with van der Waals surface area (Å²) in [6.07, 6.45) is 4.62. The molecular weight excluding hydrogens is 246 g/mol. The standard InChI is InChI=1S/C13H21N3OS/c1-10-5-6-15-13(16-10)18-11(2)8-14-9-12-4-3-7-17-12/h5-6,11-12,14H,3-4,7-9H2,1-2H3. The van der Waals surface area contributed by atoms with Crippen LogP contribution in [0.15, 0.2) is 17.4 Å². The summed E-state index contributed by atoms with van der Waals surface area (Å²) in [7, 11) is 0. The molecule has 0 aromatic carbocycles. The minimum atomic E-state index is 0.414. The quantitative estimate of drug-likeness (QED) is 0.631. The Bertz CT molecular complexity index is 369. The molecule has 2 heterocycles. The van der Waals surface area contributed by atoms with Gasteiger partial charge in [-0.15, -0.1) is 0 Å². The fraction of sp³-hybridized carbons (Fsp3) is 0.692. The molecule has 5 heteroatoms. The monoisotopic (exact) mass is 267 g/mol. The largest absolute Gasteiger partial charge is 0.377 e. The van der Waals surface area contributed by atoms with Crippen LogP contribution < -0.4 is 5.32 Å². The lowest BCUT2D eigenvalue weighted by Crippen LogP contribution is -2.30. The van der Waals surface area contributed by atoms with Crippen molar-refractivity contribution in [2.45, 2.75) is 43.2 Å². The predicted molar refractivity (Wildman–Crippen MR) is 73.9 cm³/mol. The summed E-state index contributed by atoms with van der Waals surface area (Å²) in [4.78, 5) is 8.66. The van der Waals surface area contributed by atoms with Crippen molar-refractivity contribution in [3.8, 4) is 0 Å². The highest BCUT2D eigenvalue weighted by Crippen LogP contribution is 2.18. The Morgan fingerprint density at radius 3 is 3.22 bits per heavy atom. The van der Waals surface area contributed by atoms with Gasteiger partial charge in [0.15, 0.2) is 5.16 Å². The summed E-state index contributed by atoms with van der Waals surface area (Å²) in [5.41, 5.74) is 1.02. The average Bonchev–Trinajstić information content (AvgIpc) is 2.82. The number of rotatable bonds is 6. The Hall–Kier alpha value is -0.650. The molecule has 1 aliphatic rings. The Morgan fingerprint density at radius 2 is 2.50 bits per heavy atom. The molecule has 100 valence electrons. The van der Waals surface area contributed by atoms with Crippen LogP contribution in [-0.4, -0.2) is 41.0 Å². The van der Waals surface area contributed by atoms with Crippen molar-refractivity contribution >= 4 is 11.8 Å². The lowest BCUT2D eigenvalue weighted by atomic mass is 10.2. The van der Waals surface area contributed by atoms with E-state index < -0.39 is 0 Å². The van der Waals surface area contributed by atoms with Crippen molar-refractivity contribution in [2.75, 3.05) is 19.7 Å². The third kappa shape index (κ3) is 4.55. The molecule has 1 fully saturated rings. The SMILES string of the molecule is Cc1ccnc(SC(C)CNCC2CCCO2)n1. The first-order valence-electron chi connectivity index (χ1n) is 6.52. The summed E-state index contributed by atoms with van der Waals surface area (Å²) >= 11 is 1.71. The lowest BCUT2D eigenvalue weighted by molar-refractivity contribution is 0.110. The summed E-state index contributed by atoms with van der Waals surface area (Å²) < 4.78 is 5.57. The number of ether oxygens (including phenoxy) is 1. The van der Waals surface area contributed by atoms with Crippen LogP contribution in [-0.2, 0) is 4.74 Å². The predicted octanol–water partition coefficient (Wildman–Crippen LogP) is 2.03. The fourth-order valence-electron chi connectivity index (χ4n) is 1.96. The van der Waals surface area contributed by atoms with Crippen LogP contribution in [0.2, 0.25) is 0 Å².